The van der Waals surface area contributed by atoms with Crippen LogP contribution in [0, 0.1) is 0 Å². The van der Waals surface area contributed by atoms with Crippen LogP contribution in [0.2, 0.25) is 0 Å². The van der Waals surface area contributed by atoms with Crippen LogP contribution in [-0.2, 0) is 14.3 Å². The van der Waals surface area contributed by atoms with Crippen LogP contribution in [-0.4, -0.2) is 41.6 Å². The zero-order chi connectivity index (χ0) is 29.5. The van der Waals surface area contributed by atoms with Crippen molar-refractivity contribution in [1.29, 1.82) is 0 Å². The van der Waals surface area contributed by atoms with Gasteiger partial charge in [0.25, 0.3) is 5.91 Å². The van der Waals surface area contributed by atoms with Crippen LogP contribution in [0.1, 0.15) is 63.1 Å². The Morgan fingerprint density at radius 1 is 1.03 bits per heavy atom. The minimum atomic E-state index is -4.91. The van der Waals surface area contributed by atoms with Crippen molar-refractivity contribution in [2.45, 2.75) is 59.0 Å². The van der Waals surface area contributed by atoms with Crippen molar-refractivity contribution in [3.05, 3.63) is 59.8 Å². The van der Waals surface area contributed by atoms with Crippen LogP contribution in [0.25, 0.3) is 16.6 Å². The molecule has 212 valence electrons. The largest absolute Gasteiger partial charge is 0.573 e. The van der Waals surface area contributed by atoms with Gasteiger partial charge in [-0.2, -0.15) is 0 Å². The third-order valence-corrected chi connectivity index (χ3v) is 5.08. The van der Waals surface area contributed by atoms with Crippen molar-refractivity contribution in [2.24, 2.45) is 5.73 Å². The van der Waals surface area contributed by atoms with Crippen LogP contribution in [0.3, 0.4) is 0 Å². The Balaban J connectivity index is 0.00000260. The number of aromatic nitrogens is 1. The number of ether oxygens (including phenoxy) is 3. The van der Waals surface area contributed by atoms with E-state index in [0.717, 1.165) is 12.1 Å². The summed E-state index contributed by atoms with van der Waals surface area (Å²) in [5, 5.41) is 3.07. The molecule has 1 aromatic heterocycles. The molecule has 0 fully saturated rings. The lowest BCUT2D eigenvalue weighted by Crippen LogP contribution is -2.36. The number of carbonyl (C=O) groups is 3. The fraction of sp³-hybridized carbons (Fsp3) is 0.370. The summed E-state index contributed by atoms with van der Waals surface area (Å²) in [6.45, 7) is 9.05. The van der Waals surface area contributed by atoms with Gasteiger partial charge >= 0.3 is 18.4 Å². The van der Waals surface area contributed by atoms with E-state index in [0.29, 0.717) is 16.6 Å². The number of hydrogen-bond donors (Lipinski definition) is 2. The standard InChI is InChI=1S/C25H26F3N3O6.C2H6/c1-24(2,3)37-23(34)30-18(13-21(32)35-4)14-6-5-7-16(10-14)31-19-12-17(36-25(26,27)28)9-8-15(19)11-20(31)22(29)33;1-2/h5-12,18H,13H2,1-4H3,(H2,29,33)(H,30,34);1-2H3. The quantitative estimate of drug-likeness (QED) is 0.359. The predicted octanol–water partition coefficient (Wildman–Crippen LogP) is 5.78. The molecule has 0 saturated heterocycles. The summed E-state index contributed by atoms with van der Waals surface area (Å²) in [5.41, 5.74) is 5.76. The maximum Gasteiger partial charge on any atom is 0.573 e. The first-order chi connectivity index (χ1) is 18.2. The van der Waals surface area contributed by atoms with Gasteiger partial charge in [-0.25, -0.2) is 4.79 Å². The summed E-state index contributed by atoms with van der Waals surface area (Å²) < 4.78 is 53.8. The van der Waals surface area contributed by atoms with E-state index < -0.39 is 41.7 Å². The first-order valence-electron chi connectivity index (χ1n) is 12.0. The van der Waals surface area contributed by atoms with Gasteiger partial charge in [-0.3, -0.25) is 9.59 Å². The number of alkyl halides is 3. The second-order valence-electron chi connectivity index (χ2n) is 9.07. The van der Waals surface area contributed by atoms with Crippen molar-refractivity contribution in [3.8, 4) is 11.4 Å². The molecular weight excluding hydrogens is 519 g/mol. The average Bonchev–Trinajstić information content (AvgIpc) is 3.22. The summed E-state index contributed by atoms with van der Waals surface area (Å²) in [5.74, 6) is -1.91. The van der Waals surface area contributed by atoms with Gasteiger partial charge in [0.05, 0.1) is 25.1 Å². The minimum absolute atomic E-state index is 0.000859. The summed E-state index contributed by atoms with van der Waals surface area (Å²) in [6.07, 6.45) is -5.92. The van der Waals surface area contributed by atoms with Crippen LogP contribution in [0.4, 0.5) is 18.0 Å². The highest BCUT2D eigenvalue weighted by molar-refractivity contribution is 5.99. The van der Waals surface area contributed by atoms with Crippen molar-refractivity contribution >= 4 is 28.9 Å². The molecule has 0 radical (unpaired) electrons. The maximum atomic E-state index is 12.8. The van der Waals surface area contributed by atoms with Crippen LogP contribution >= 0.6 is 0 Å². The number of methoxy groups -OCH3 is 1. The van der Waals surface area contributed by atoms with Crippen molar-refractivity contribution in [2.75, 3.05) is 7.11 Å². The number of rotatable bonds is 7. The molecule has 0 bridgehead atoms. The maximum absolute atomic E-state index is 12.8. The molecule has 3 rings (SSSR count). The summed E-state index contributed by atoms with van der Waals surface area (Å²) >= 11 is 0. The predicted molar refractivity (Wildman–Crippen MR) is 139 cm³/mol. The topological polar surface area (TPSA) is 122 Å². The number of primary amides is 1. The first-order valence-corrected chi connectivity index (χ1v) is 12.0. The number of amides is 2. The molecule has 2 amide bonds. The highest BCUT2D eigenvalue weighted by Gasteiger charge is 2.31. The molecule has 0 saturated carbocycles. The highest BCUT2D eigenvalue weighted by Crippen LogP contribution is 2.31. The normalized spacial score (nSPS) is 12.1. The Morgan fingerprint density at radius 3 is 2.26 bits per heavy atom. The number of fused-ring (bicyclic) bond motifs is 1. The van der Waals surface area contributed by atoms with E-state index in [-0.39, 0.29) is 17.6 Å². The van der Waals surface area contributed by atoms with Gasteiger partial charge in [0.15, 0.2) is 0 Å². The monoisotopic (exact) mass is 551 g/mol. The molecule has 3 aromatic rings. The van der Waals surface area contributed by atoms with Crippen molar-refractivity contribution in [3.63, 3.8) is 0 Å². The second kappa shape index (κ2) is 12.5. The molecule has 2 aromatic carbocycles. The minimum Gasteiger partial charge on any atom is -0.469 e. The SMILES string of the molecule is CC.COC(=O)CC(NC(=O)OC(C)(C)C)c1cccc(-n2c(C(N)=O)cc3ccc(OC(F)(F)F)cc32)c1. The number of alkyl carbamates (subject to hydrolysis) is 1. The van der Waals surface area contributed by atoms with E-state index in [9.17, 15) is 27.6 Å². The number of carbonyl (C=O) groups excluding carboxylic acids is 3. The van der Waals surface area contributed by atoms with Gasteiger partial charge < -0.3 is 29.8 Å². The fourth-order valence-corrected chi connectivity index (χ4v) is 3.67. The van der Waals surface area contributed by atoms with Crippen molar-refractivity contribution < 1.29 is 41.8 Å². The zero-order valence-electron chi connectivity index (χ0n) is 22.5. The summed E-state index contributed by atoms with van der Waals surface area (Å²) in [7, 11) is 1.20. The molecule has 1 atom stereocenters. The molecule has 0 aliphatic heterocycles. The fourth-order valence-electron chi connectivity index (χ4n) is 3.67. The third-order valence-electron chi connectivity index (χ3n) is 5.08. The van der Waals surface area contributed by atoms with Crippen LogP contribution < -0.4 is 15.8 Å². The van der Waals surface area contributed by atoms with E-state index in [1.165, 1.54) is 23.8 Å². The lowest BCUT2D eigenvalue weighted by atomic mass is 10.0. The van der Waals surface area contributed by atoms with Gasteiger partial charge in [-0.15, -0.1) is 13.2 Å². The zero-order valence-corrected chi connectivity index (χ0v) is 22.5. The molecular formula is C27H32F3N3O6. The van der Waals surface area contributed by atoms with Gasteiger partial charge in [0.2, 0.25) is 0 Å². The number of nitrogens with one attached hydrogen (secondary N) is 1. The van der Waals surface area contributed by atoms with E-state index in [1.807, 2.05) is 13.8 Å². The molecule has 0 aliphatic carbocycles. The van der Waals surface area contributed by atoms with Crippen LogP contribution in [0.5, 0.6) is 5.75 Å². The lowest BCUT2D eigenvalue weighted by molar-refractivity contribution is -0.274. The summed E-state index contributed by atoms with van der Waals surface area (Å²) in [4.78, 5) is 36.7. The van der Waals surface area contributed by atoms with E-state index >= 15 is 0 Å². The smallest absolute Gasteiger partial charge is 0.469 e. The van der Waals surface area contributed by atoms with E-state index in [2.05, 4.69) is 10.1 Å². The molecule has 3 N–H and O–H groups in total. The van der Waals surface area contributed by atoms with E-state index in [4.69, 9.17) is 15.2 Å². The Morgan fingerprint density at radius 2 is 1.69 bits per heavy atom. The van der Waals surface area contributed by atoms with Gasteiger partial charge in [0, 0.05) is 17.1 Å². The molecule has 0 spiro atoms. The Bertz CT molecular complexity index is 1330. The number of halogens is 3. The molecule has 0 aliphatic rings. The molecule has 39 heavy (non-hydrogen) atoms. The number of hydrogen-bond acceptors (Lipinski definition) is 6. The molecule has 12 heteroatoms. The number of esters is 1. The third kappa shape index (κ3) is 8.66. The van der Waals surface area contributed by atoms with Crippen molar-refractivity contribution in [1.82, 2.24) is 9.88 Å². The Hall–Kier alpha value is -4.22. The van der Waals surface area contributed by atoms with Crippen LogP contribution in [0.15, 0.2) is 48.5 Å². The average molecular weight is 552 g/mol. The highest BCUT2D eigenvalue weighted by atomic mass is 19.4. The number of nitrogens with two attached hydrogens (primary N) is 1. The molecule has 1 unspecified atom stereocenters. The molecule has 9 nitrogen and oxygen atoms in total. The summed E-state index contributed by atoms with van der Waals surface area (Å²) in [6, 6.07) is 10.6. The second-order valence-corrected chi connectivity index (χ2v) is 9.07. The Labute approximate surface area is 224 Å². The molecule has 1 heterocycles. The van der Waals surface area contributed by atoms with Gasteiger partial charge in [-0.05, 0) is 56.7 Å². The number of nitrogens with zero attached hydrogens (tertiary/aromatic N) is 1. The first kappa shape index (κ1) is 31.0. The Kier molecular flexibility index (Phi) is 9.98. The number of benzene rings is 2. The van der Waals surface area contributed by atoms with Gasteiger partial charge in [-0.1, -0.05) is 26.0 Å². The lowest BCUT2D eigenvalue weighted by Gasteiger charge is -2.24. The van der Waals surface area contributed by atoms with Gasteiger partial charge in [0.1, 0.15) is 17.0 Å². The van der Waals surface area contributed by atoms with E-state index in [1.54, 1.807) is 45.0 Å².